The van der Waals surface area contributed by atoms with Crippen molar-refractivity contribution in [2.75, 3.05) is 24.3 Å². The molecule has 0 spiro atoms. The van der Waals surface area contributed by atoms with Gasteiger partial charge < -0.3 is 10.2 Å². The summed E-state index contributed by atoms with van der Waals surface area (Å²) in [5.41, 5.74) is 1.73. The lowest BCUT2D eigenvalue weighted by molar-refractivity contribution is -0.116. The predicted molar refractivity (Wildman–Crippen MR) is 80.9 cm³/mol. The normalized spacial score (nSPS) is 17.5. The van der Waals surface area contributed by atoms with Crippen LogP contribution in [0.15, 0.2) is 30.4 Å². The molecule has 0 radical (unpaired) electrons. The van der Waals surface area contributed by atoms with Gasteiger partial charge in [0.05, 0.1) is 11.4 Å². The quantitative estimate of drug-likeness (QED) is 0.852. The van der Waals surface area contributed by atoms with Crippen LogP contribution in [0.3, 0.4) is 0 Å². The second kappa shape index (κ2) is 6.11. The first kappa shape index (κ1) is 13.9. The number of benzene rings is 1. The fourth-order valence-electron chi connectivity index (χ4n) is 2.30. The molecule has 1 N–H and O–H groups in total. The third kappa shape index (κ3) is 3.74. The molecule has 0 aliphatic heterocycles. The zero-order chi connectivity index (χ0) is 13.8. The third-order valence-corrected chi connectivity index (χ3v) is 3.51. The standard InChI is InChI=1S/C15H19ClN2O/c1-18(2)14-8-7-12(16)10-13(14)17-15(19)9-11-5-3-4-6-11/h3,5,7-8,10-11H,4,6,9H2,1-2H3,(H,17,19). The van der Waals surface area contributed by atoms with Crippen molar-refractivity contribution in [2.24, 2.45) is 5.92 Å². The Kier molecular flexibility index (Phi) is 4.48. The molecule has 0 aromatic heterocycles. The first-order valence-corrected chi connectivity index (χ1v) is 6.87. The number of rotatable bonds is 4. The molecular formula is C15H19ClN2O. The van der Waals surface area contributed by atoms with E-state index in [-0.39, 0.29) is 5.91 Å². The Morgan fingerprint density at radius 1 is 1.47 bits per heavy atom. The first-order chi connectivity index (χ1) is 9.06. The molecule has 1 aromatic rings. The molecule has 4 heteroatoms. The molecule has 102 valence electrons. The summed E-state index contributed by atoms with van der Waals surface area (Å²) >= 11 is 5.99. The highest BCUT2D eigenvalue weighted by atomic mass is 35.5. The van der Waals surface area contributed by atoms with Gasteiger partial charge in [-0.05, 0) is 37.0 Å². The zero-order valence-corrected chi connectivity index (χ0v) is 12.1. The number of carbonyl (C=O) groups is 1. The molecule has 1 atom stereocenters. The van der Waals surface area contributed by atoms with Crippen molar-refractivity contribution in [2.45, 2.75) is 19.3 Å². The highest BCUT2D eigenvalue weighted by Gasteiger charge is 2.15. The summed E-state index contributed by atoms with van der Waals surface area (Å²) in [6, 6.07) is 5.53. The number of carbonyl (C=O) groups excluding carboxylic acids is 1. The number of hydrogen-bond donors (Lipinski definition) is 1. The first-order valence-electron chi connectivity index (χ1n) is 6.49. The topological polar surface area (TPSA) is 32.3 Å². The summed E-state index contributed by atoms with van der Waals surface area (Å²) < 4.78 is 0. The van der Waals surface area contributed by atoms with Gasteiger partial charge >= 0.3 is 0 Å². The molecule has 0 heterocycles. The van der Waals surface area contributed by atoms with E-state index in [9.17, 15) is 4.79 Å². The molecule has 1 aliphatic rings. The number of anilines is 2. The number of amides is 1. The lowest BCUT2D eigenvalue weighted by Crippen LogP contribution is -2.18. The van der Waals surface area contributed by atoms with Gasteiger partial charge in [0.15, 0.2) is 0 Å². The maximum Gasteiger partial charge on any atom is 0.225 e. The van der Waals surface area contributed by atoms with Gasteiger partial charge in [-0.1, -0.05) is 23.8 Å². The SMILES string of the molecule is CN(C)c1ccc(Cl)cc1NC(=O)CC1C=CCC1. The number of halogens is 1. The van der Waals surface area contributed by atoms with E-state index in [2.05, 4.69) is 17.5 Å². The maximum atomic E-state index is 12.0. The molecule has 1 aromatic carbocycles. The van der Waals surface area contributed by atoms with Crippen LogP contribution in [-0.2, 0) is 4.79 Å². The second-order valence-corrected chi connectivity index (χ2v) is 5.51. The van der Waals surface area contributed by atoms with Gasteiger partial charge in [0.1, 0.15) is 0 Å². The summed E-state index contributed by atoms with van der Waals surface area (Å²) in [5.74, 6) is 0.420. The van der Waals surface area contributed by atoms with Crippen molar-refractivity contribution in [1.82, 2.24) is 0 Å². The lowest BCUT2D eigenvalue weighted by Gasteiger charge is -2.18. The fourth-order valence-corrected chi connectivity index (χ4v) is 2.48. The summed E-state index contributed by atoms with van der Waals surface area (Å²) in [6.45, 7) is 0. The lowest BCUT2D eigenvalue weighted by atomic mass is 10.0. The fraction of sp³-hybridized carbons (Fsp3) is 0.400. The Morgan fingerprint density at radius 2 is 2.26 bits per heavy atom. The summed E-state index contributed by atoms with van der Waals surface area (Å²) in [7, 11) is 3.89. The van der Waals surface area contributed by atoms with Gasteiger partial charge in [0.25, 0.3) is 0 Å². The molecule has 19 heavy (non-hydrogen) atoms. The minimum atomic E-state index is 0.0434. The van der Waals surface area contributed by atoms with Crippen molar-refractivity contribution >= 4 is 28.9 Å². The van der Waals surface area contributed by atoms with E-state index < -0.39 is 0 Å². The summed E-state index contributed by atoms with van der Waals surface area (Å²) in [4.78, 5) is 14.0. The smallest absolute Gasteiger partial charge is 0.225 e. The van der Waals surface area contributed by atoms with Gasteiger partial charge in [-0.3, -0.25) is 4.79 Å². The van der Waals surface area contributed by atoms with Gasteiger partial charge in [-0.25, -0.2) is 0 Å². The van der Waals surface area contributed by atoms with Gasteiger partial charge in [0.2, 0.25) is 5.91 Å². The van der Waals surface area contributed by atoms with E-state index in [1.807, 2.05) is 31.1 Å². The Labute approximate surface area is 119 Å². The van der Waals surface area contributed by atoms with Crippen LogP contribution < -0.4 is 10.2 Å². The largest absolute Gasteiger partial charge is 0.376 e. The highest BCUT2D eigenvalue weighted by molar-refractivity contribution is 6.31. The van der Waals surface area contributed by atoms with E-state index in [4.69, 9.17) is 11.6 Å². The average Bonchev–Trinajstić information content (AvgIpc) is 2.81. The molecule has 3 nitrogen and oxygen atoms in total. The molecule has 0 saturated carbocycles. The van der Waals surface area contributed by atoms with Crippen molar-refractivity contribution in [1.29, 1.82) is 0 Å². The van der Waals surface area contributed by atoms with E-state index in [1.54, 1.807) is 6.07 Å². The number of nitrogens with one attached hydrogen (secondary N) is 1. The monoisotopic (exact) mass is 278 g/mol. The van der Waals surface area contributed by atoms with Crippen molar-refractivity contribution in [3.8, 4) is 0 Å². The van der Waals surface area contributed by atoms with E-state index in [1.165, 1.54) is 0 Å². The number of allylic oxidation sites excluding steroid dienone is 2. The van der Waals surface area contributed by atoms with Gasteiger partial charge in [-0.15, -0.1) is 0 Å². The Bertz CT molecular complexity index is 497. The molecule has 0 fully saturated rings. The van der Waals surface area contributed by atoms with Gasteiger partial charge in [0, 0.05) is 25.5 Å². The summed E-state index contributed by atoms with van der Waals surface area (Å²) in [5, 5.41) is 3.59. The molecule has 1 unspecified atom stereocenters. The van der Waals surface area contributed by atoms with Crippen molar-refractivity contribution in [3.05, 3.63) is 35.4 Å². The van der Waals surface area contributed by atoms with Gasteiger partial charge in [-0.2, -0.15) is 0 Å². The van der Waals surface area contributed by atoms with Crippen LogP contribution in [0.2, 0.25) is 5.02 Å². The Morgan fingerprint density at radius 3 is 2.89 bits per heavy atom. The predicted octanol–water partition coefficient (Wildman–Crippen LogP) is 3.70. The number of hydrogen-bond acceptors (Lipinski definition) is 2. The zero-order valence-electron chi connectivity index (χ0n) is 11.3. The molecule has 2 rings (SSSR count). The molecule has 1 amide bonds. The van der Waals surface area contributed by atoms with E-state index in [0.717, 1.165) is 24.2 Å². The van der Waals surface area contributed by atoms with Crippen molar-refractivity contribution < 1.29 is 4.79 Å². The highest BCUT2D eigenvalue weighted by Crippen LogP contribution is 2.28. The Balaban J connectivity index is 2.06. The minimum absolute atomic E-state index is 0.0434. The van der Waals surface area contributed by atoms with Crippen LogP contribution in [0.5, 0.6) is 0 Å². The van der Waals surface area contributed by atoms with Crippen LogP contribution in [0.25, 0.3) is 0 Å². The average molecular weight is 279 g/mol. The minimum Gasteiger partial charge on any atom is -0.376 e. The third-order valence-electron chi connectivity index (χ3n) is 3.27. The number of nitrogens with zero attached hydrogens (tertiary/aromatic N) is 1. The van der Waals surface area contributed by atoms with Crippen LogP contribution in [0.1, 0.15) is 19.3 Å². The molecule has 0 bridgehead atoms. The van der Waals surface area contributed by atoms with E-state index in [0.29, 0.717) is 17.4 Å². The molecule has 0 saturated heterocycles. The molecule has 1 aliphatic carbocycles. The van der Waals surface area contributed by atoms with E-state index >= 15 is 0 Å². The van der Waals surface area contributed by atoms with Crippen molar-refractivity contribution in [3.63, 3.8) is 0 Å². The summed E-state index contributed by atoms with van der Waals surface area (Å²) in [6.07, 6.45) is 6.96. The van der Waals surface area contributed by atoms with Crippen LogP contribution in [0, 0.1) is 5.92 Å². The second-order valence-electron chi connectivity index (χ2n) is 5.07. The maximum absolute atomic E-state index is 12.0. The Hall–Kier alpha value is -1.48. The van der Waals surface area contributed by atoms with Crippen LogP contribution >= 0.6 is 11.6 Å². The van der Waals surface area contributed by atoms with Crippen LogP contribution in [-0.4, -0.2) is 20.0 Å². The van der Waals surface area contributed by atoms with Crippen LogP contribution in [0.4, 0.5) is 11.4 Å². The molecular weight excluding hydrogens is 260 g/mol.